The van der Waals surface area contributed by atoms with Gasteiger partial charge < -0.3 is 25.3 Å². The van der Waals surface area contributed by atoms with Gasteiger partial charge in [0.15, 0.2) is 11.5 Å². The van der Waals surface area contributed by atoms with E-state index in [0.29, 0.717) is 24.9 Å². The van der Waals surface area contributed by atoms with Crippen molar-refractivity contribution in [1.82, 2.24) is 15.0 Å². The molecule has 1 aromatic carbocycles. The molecule has 2 heterocycles. The second-order valence-corrected chi connectivity index (χ2v) is 3.99. The molecule has 0 atom stereocenters. The first kappa shape index (κ1) is 12.3. The van der Waals surface area contributed by atoms with E-state index in [0.717, 1.165) is 11.4 Å². The van der Waals surface area contributed by atoms with E-state index in [1.165, 1.54) is 7.11 Å². The highest BCUT2D eigenvalue weighted by molar-refractivity contribution is 5.60. The molecule has 0 saturated carbocycles. The second-order valence-electron chi connectivity index (χ2n) is 3.99. The van der Waals surface area contributed by atoms with Gasteiger partial charge in [-0.3, -0.25) is 0 Å². The molecule has 1 aliphatic heterocycles. The molecule has 0 spiro atoms. The quantitative estimate of drug-likeness (QED) is 0.854. The molecule has 1 aromatic heterocycles. The van der Waals surface area contributed by atoms with Crippen LogP contribution >= 0.6 is 0 Å². The molecule has 104 valence electrons. The molecule has 0 bridgehead atoms. The molecule has 8 heteroatoms. The Bertz CT molecular complexity index is 634. The van der Waals surface area contributed by atoms with Gasteiger partial charge in [-0.15, -0.1) is 0 Å². The van der Waals surface area contributed by atoms with Gasteiger partial charge in [-0.05, 0) is 12.1 Å². The van der Waals surface area contributed by atoms with Crippen molar-refractivity contribution in [1.29, 1.82) is 0 Å². The normalized spacial score (nSPS) is 12.8. The number of anilines is 3. The molecule has 8 nitrogen and oxygen atoms in total. The molecule has 20 heavy (non-hydrogen) atoms. The van der Waals surface area contributed by atoms with Crippen molar-refractivity contribution in [3.05, 3.63) is 18.2 Å². The maximum absolute atomic E-state index is 5.57. The van der Waals surface area contributed by atoms with E-state index in [9.17, 15) is 0 Å². The minimum Gasteiger partial charge on any atom is -0.486 e. The summed E-state index contributed by atoms with van der Waals surface area (Å²) >= 11 is 0. The zero-order chi connectivity index (χ0) is 13.9. The Balaban J connectivity index is 1.85. The number of fused-ring (bicyclic) bond motifs is 1. The van der Waals surface area contributed by atoms with Gasteiger partial charge in [0.1, 0.15) is 13.2 Å². The van der Waals surface area contributed by atoms with Gasteiger partial charge in [0.05, 0.1) is 7.11 Å². The van der Waals surface area contributed by atoms with Crippen LogP contribution in [0.2, 0.25) is 0 Å². The van der Waals surface area contributed by atoms with Crippen LogP contribution in [0.1, 0.15) is 0 Å². The number of aromatic nitrogens is 3. The summed E-state index contributed by atoms with van der Waals surface area (Å²) < 4.78 is 15.9. The van der Waals surface area contributed by atoms with E-state index < -0.39 is 0 Å². The predicted molar refractivity (Wildman–Crippen MR) is 71.5 cm³/mol. The number of benzene rings is 1. The number of nitrogen functional groups attached to an aromatic ring is 1. The SMILES string of the molecule is COc1nc(N)nc(Nc2ccc3c(c2)OCCO3)n1. The standard InChI is InChI=1S/C12H13N5O3/c1-18-12-16-10(13)15-11(17-12)14-7-2-3-8-9(6-7)20-5-4-19-8/h2-3,6H,4-5H2,1H3,(H3,13,14,15,16,17). The van der Waals surface area contributed by atoms with Crippen LogP contribution in [0, 0.1) is 0 Å². The summed E-state index contributed by atoms with van der Waals surface area (Å²) in [7, 11) is 1.46. The van der Waals surface area contributed by atoms with Crippen LogP contribution in [-0.4, -0.2) is 35.3 Å². The Labute approximate surface area is 114 Å². The summed E-state index contributed by atoms with van der Waals surface area (Å²) in [6.45, 7) is 1.09. The van der Waals surface area contributed by atoms with E-state index >= 15 is 0 Å². The molecule has 0 saturated heterocycles. The number of nitrogens with two attached hydrogens (primary N) is 1. The maximum Gasteiger partial charge on any atom is 0.322 e. The lowest BCUT2D eigenvalue weighted by Crippen LogP contribution is -2.15. The Kier molecular flexibility index (Phi) is 3.12. The Hall–Kier alpha value is -2.77. The maximum atomic E-state index is 5.57. The molecule has 1 aliphatic rings. The molecular formula is C12H13N5O3. The van der Waals surface area contributed by atoms with Crippen molar-refractivity contribution in [2.24, 2.45) is 0 Å². The number of nitrogens with zero attached hydrogens (tertiary/aromatic N) is 3. The molecule has 0 fully saturated rings. The van der Waals surface area contributed by atoms with Crippen molar-refractivity contribution in [2.45, 2.75) is 0 Å². The fourth-order valence-electron chi connectivity index (χ4n) is 1.77. The first-order valence-electron chi connectivity index (χ1n) is 5.97. The van der Waals surface area contributed by atoms with Crippen LogP contribution in [0.4, 0.5) is 17.6 Å². The molecule has 0 radical (unpaired) electrons. The van der Waals surface area contributed by atoms with E-state index in [-0.39, 0.29) is 12.0 Å². The van der Waals surface area contributed by atoms with Crippen LogP contribution in [-0.2, 0) is 0 Å². The zero-order valence-electron chi connectivity index (χ0n) is 10.8. The highest BCUT2D eigenvalue weighted by Crippen LogP contribution is 2.33. The number of ether oxygens (including phenoxy) is 3. The minimum absolute atomic E-state index is 0.0805. The summed E-state index contributed by atoms with van der Waals surface area (Å²) in [5, 5.41) is 3.01. The largest absolute Gasteiger partial charge is 0.486 e. The van der Waals surface area contributed by atoms with Gasteiger partial charge in [0.25, 0.3) is 0 Å². The highest BCUT2D eigenvalue weighted by atomic mass is 16.6. The molecule has 0 unspecified atom stereocenters. The van der Waals surface area contributed by atoms with Gasteiger partial charge in [-0.25, -0.2) is 0 Å². The summed E-state index contributed by atoms with van der Waals surface area (Å²) in [4.78, 5) is 11.8. The lowest BCUT2D eigenvalue weighted by atomic mass is 10.2. The van der Waals surface area contributed by atoms with Crippen molar-refractivity contribution >= 4 is 17.6 Å². The lowest BCUT2D eigenvalue weighted by molar-refractivity contribution is 0.171. The van der Waals surface area contributed by atoms with Gasteiger partial charge in [0.2, 0.25) is 11.9 Å². The third kappa shape index (κ3) is 2.48. The Morgan fingerprint density at radius 3 is 2.75 bits per heavy atom. The Morgan fingerprint density at radius 2 is 1.95 bits per heavy atom. The summed E-state index contributed by atoms with van der Waals surface area (Å²) in [5.74, 6) is 1.77. The monoisotopic (exact) mass is 275 g/mol. The van der Waals surface area contributed by atoms with Gasteiger partial charge in [0, 0.05) is 11.8 Å². The summed E-state index contributed by atoms with van der Waals surface area (Å²) in [6, 6.07) is 5.61. The predicted octanol–water partition coefficient (Wildman–Crippen LogP) is 0.977. The zero-order valence-corrected chi connectivity index (χ0v) is 10.8. The number of methoxy groups -OCH3 is 1. The second kappa shape index (κ2) is 5.08. The molecule has 0 amide bonds. The highest BCUT2D eigenvalue weighted by Gasteiger charge is 2.12. The third-order valence-corrected chi connectivity index (χ3v) is 2.61. The van der Waals surface area contributed by atoms with Crippen molar-refractivity contribution in [3.63, 3.8) is 0 Å². The van der Waals surface area contributed by atoms with Gasteiger partial charge >= 0.3 is 6.01 Å². The van der Waals surface area contributed by atoms with E-state index in [1.807, 2.05) is 12.1 Å². The van der Waals surface area contributed by atoms with Crippen LogP contribution in [0.3, 0.4) is 0 Å². The minimum atomic E-state index is 0.0805. The van der Waals surface area contributed by atoms with E-state index in [4.69, 9.17) is 19.9 Å². The summed E-state index contributed by atoms with van der Waals surface area (Å²) in [6.07, 6.45) is 0. The van der Waals surface area contributed by atoms with Crippen molar-refractivity contribution in [2.75, 3.05) is 31.4 Å². The molecular weight excluding hydrogens is 262 g/mol. The topological polar surface area (TPSA) is 104 Å². The number of hydrogen-bond acceptors (Lipinski definition) is 8. The third-order valence-electron chi connectivity index (χ3n) is 2.61. The van der Waals surface area contributed by atoms with Crippen molar-refractivity contribution in [3.8, 4) is 17.5 Å². The lowest BCUT2D eigenvalue weighted by Gasteiger charge is -2.19. The number of rotatable bonds is 3. The first-order chi connectivity index (χ1) is 9.74. The van der Waals surface area contributed by atoms with Gasteiger partial charge in [-0.2, -0.15) is 15.0 Å². The average molecular weight is 275 g/mol. The summed E-state index contributed by atoms with van der Waals surface area (Å²) in [5.41, 5.74) is 6.32. The van der Waals surface area contributed by atoms with E-state index in [2.05, 4.69) is 20.3 Å². The van der Waals surface area contributed by atoms with Crippen LogP contribution in [0.25, 0.3) is 0 Å². The number of hydrogen-bond donors (Lipinski definition) is 2. The number of nitrogens with one attached hydrogen (secondary N) is 1. The van der Waals surface area contributed by atoms with Crippen LogP contribution in [0.5, 0.6) is 17.5 Å². The molecule has 0 aliphatic carbocycles. The fourth-order valence-corrected chi connectivity index (χ4v) is 1.77. The average Bonchev–Trinajstić information content (AvgIpc) is 2.46. The van der Waals surface area contributed by atoms with Crippen molar-refractivity contribution < 1.29 is 14.2 Å². The smallest absolute Gasteiger partial charge is 0.322 e. The first-order valence-corrected chi connectivity index (χ1v) is 5.97. The molecule has 3 N–H and O–H groups in total. The van der Waals surface area contributed by atoms with Crippen LogP contribution in [0.15, 0.2) is 18.2 Å². The van der Waals surface area contributed by atoms with Gasteiger partial charge in [-0.1, -0.05) is 0 Å². The fraction of sp³-hybridized carbons (Fsp3) is 0.250. The molecule has 2 aromatic rings. The molecule has 3 rings (SSSR count). The van der Waals surface area contributed by atoms with E-state index in [1.54, 1.807) is 6.07 Å². The van der Waals surface area contributed by atoms with Crippen LogP contribution < -0.4 is 25.3 Å². The Morgan fingerprint density at radius 1 is 1.15 bits per heavy atom.